The zero-order chi connectivity index (χ0) is 10.7. The summed E-state index contributed by atoms with van der Waals surface area (Å²) in [5.74, 6) is 0.939. The Bertz CT molecular complexity index is 324. The van der Waals surface area contributed by atoms with Crippen LogP contribution in [-0.4, -0.2) is 18.3 Å². The van der Waals surface area contributed by atoms with Gasteiger partial charge >= 0.3 is 0 Å². The van der Waals surface area contributed by atoms with Gasteiger partial charge < -0.3 is 9.84 Å². The first kappa shape index (κ1) is 10.5. The molecule has 2 heteroatoms. The molecule has 0 spiro atoms. The highest BCUT2D eigenvalue weighted by Gasteiger charge is 2.39. The molecule has 0 amide bonds. The Balaban J connectivity index is 2.33. The summed E-state index contributed by atoms with van der Waals surface area (Å²) in [5.41, 5.74) is 1.16. The standard InChI is InChI=1S/C13H18O2/c1-2-15-12-7-4-3-6-11(12)13(10-14)8-5-9-13/h3-4,6-7,14H,2,5,8-10H2,1H3. The lowest BCUT2D eigenvalue weighted by molar-refractivity contribution is 0.116. The SMILES string of the molecule is CCOc1ccccc1C1(CO)CCC1. The van der Waals surface area contributed by atoms with E-state index in [2.05, 4.69) is 6.07 Å². The van der Waals surface area contributed by atoms with E-state index in [9.17, 15) is 5.11 Å². The Morgan fingerprint density at radius 2 is 2.07 bits per heavy atom. The van der Waals surface area contributed by atoms with E-state index in [4.69, 9.17) is 4.74 Å². The number of hydrogen-bond acceptors (Lipinski definition) is 2. The molecule has 0 atom stereocenters. The van der Waals surface area contributed by atoms with Crippen LogP contribution in [-0.2, 0) is 5.41 Å². The third kappa shape index (κ3) is 1.74. The average molecular weight is 206 g/mol. The summed E-state index contributed by atoms with van der Waals surface area (Å²) in [6.45, 7) is 2.90. The van der Waals surface area contributed by atoms with Gasteiger partial charge in [0.2, 0.25) is 0 Å². The Morgan fingerprint density at radius 3 is 2.60 bits per heavy atom. The molecule has 0 radical (unpaired) electrons. The highest BCUT2D eigenvalue weighted by atomic mass is 16.5. The second-order valence-electron chi connectivity index (χ2n) is 4.22. The summed E-state index contributed by atoms with van der Waals surface area (Å²) in [7, 11) is 0. The molecule has 1 saturated carbocycles. The highest BCUT2D eigenvalue weighted by Crippen LogP contribution is 2.46. The normalized spacial score (nSPS) is 18.3. The van der Waals surface area contributed by atoms with E-state index in [1.807, 2.05) is 25.1 Å². The second-order valence-corrected chi connectivity index (χ2v) is 4.22. The molecule has 1 aromatic rings. The third-order valence-electron chi connectivity index (χ3n) is 3.37. The van der Waals surface area contributed by atoms with Crippen molar-refractivity contribution in [2.75, 3.05) is 13.2 Å². The van der Waals surface area contributed by atoms with Crippen LogP contribution >= 0.6 is 0 Å². The predicted molar refractivity (Wildman–Crippen MR) is 60.2 cm³/mol. The maximum absolute atomic E-state index is 9.53. The van der Waals surface area contributed by atoms with Gasteiger partial charge in [0.25, 0.3) is 0 Å². The van der Waals surface area contributed by atoms with Crippen LogP contribution in [0.3, 0.4) is 0 Å². The van der Waals surface area contributed by atoms with E-state index in [0.717, 1.165) is 18.6 Å². The monoisotopic (exact) mass is 206 g/mol. The predicted octanol–water partition coefficient (Wildman–Crippen LogP) is 2.50. The van der Waals surface area contributed by atoms with Crippen molar-refractivity contribution in [3.8, 4) is 5.75 Å². The van der Waals surface area contributed by atoms with Gasteiger partial charge in [0.05, 0.1) is 13.2 Å². The Hall–Kier alpha value is -1.02. The number of ether oxygens (including phenoxy) is 1. The molecule has 2 rings (SSSR count). The van der Waals surface area contributed by atoms with Gasteiger partial charge in [0.15, 0.2) is 0 Å². The molecular weight excluding hydrogens is 188 g/mol. The van der Waals surface area contributed by atoms with Crippen LogP contribution in [0.5, 0.6) is 5.75 Å². The maximum atomic E-state index is 9.53. The molecule has 15 heavy (non-hydrogen) atoms. The summed E-state index contributed by atoms with van der Waals surface area (Å²) in [5, 5.41) is 9.53. The van der Waals surface area contributed by atoms with Gasteiger partial charge in [-0.1, -0.05) is 24.6 Å². The summed E-state index contributed by atoms with van der Waals surface area (Å²) in [4.78, 5) is 0. The van der Waals surface area contributed by atoms with E-state index < -0.39 is 0 Å². The first-order valence-corrected chi connectivity index (χ1v) is 5.65. The van der Waals surface area contributed by atoms with Crippen LogP contribution in [0.15, 0.2) is 24.3 Å². The molecule has 0 aliphatic heterocycles. The van der Waals surface area contributed by atoms with E-state index >= 15 is 0 Å². The molecule has 1 aliphatic rings. The number of aliphatic hydroxyl groups excluding tert-OH is 1. The molecule has 0 saturated heterocycles. The zero-order valence-electron chi connectivity index (χ0n) is 9.20. The van der Waals surface area contributed by atoms with Gasteiger partial charge in [-0.2, -0.15) is 0 Å². The first-order valence-electron chi connectivity index (χ1n) is 5.65. The molecule has 0 heterocycles. The number of para-hydroxylation sites is 1. The molecule has 0 aromatic heterocycles. The van der Waals surface area contributed by atoms with Crippen LogP contribution < -0.4 is 4.74 Å². The van der Waals surface area contributed by atoms with Gasteiger partial charge in [-0.05, 0) is 25.8 Å². The lowest BCUT2D eigenvalue weighted by atomic mass is 9.65. The number of benzene rings is 1. The molecule has 1 fully saturated rings. The largest absolute Gasteiger partial charge is 0.494 e. The number of rotatable bonds is 4. The minimum atomic E-state index is -0.0221. The minimum absolute atomic E-state index is 0.0221. The Morgan fingerprint density at radius 1 is 1.33 bits per heavy atom. The quantitative estimate of drug-likeness (QED) is 0.820. The van der Waals surface area contributed by atoms with Crippen LogP contribution in [0.25, 0.3) is 0 Å². The van der Waals surface area contributed by atoms with Crippen molar-refractivity contribution in [1.82, 2.24) is 0 Å². The van der Waals surface area contributed by atoms with Crippen LogP contribution in [0.1, 0.15) is 31.7 Å². The Labute approximate surface area is 90.9 Å². The molecular formula is C13H18O2. The van der Waals surface area contributed by atoms with E-state index in [-0.39, 0.29) is 12.0 Å². The molecule has 1 aromatic carbocycles. The van der Waals surface area contributed by atoms with Crippen molar-refractivity contribution in [2.24, 2.45) is 0 Å². The zero-order valence-corrected chi connectivity index (χ0v) is 9.20. The van der Waals surface area contributed by atoms with Crippen molar-refractivity contribution >= 4 is 0 Å². The fourth-order valence-corrected chi connectivity index (χ4v) is 2.30. The van der Waals surface area contributed by atoms with Crippen molar-refractivity contribution in [2.45, 2.75) is 31.6 Å². The highest BCUT2D eigenvalue weighted by molar-refractivity contribution is 5.41. The van der Waals surface area contributed by atoms with Crippen molar-refractivity contribution in [3.63, 3.8) is 0 Å². The van der Waals surface area contributed by atoms with E-state index in [1.165, 1.54) is 12.0 Å². The fourth-order valence-electron chi connectivity index (χ4n) is 2.30. The summed E-state index contributed by atoms with van der Waals surface area (Å²) < 4.78 is 5.61. The Kier molecular flexibility index (Phi) is 2.96. The van der Waals surface area contributed by atoms with Crippen molar-refractivity contribution in [1.29, 1.82) is 0 Å². The molecule has 1 aliphatic carbocycles. The smallest absolute Gasteiger partial charge is 0.123 e. The van der Waals surface area contributed by atoms with Gasteiger partial charge in [-0.15, -0.1) is 0 Å². The lowest BCUT2D eigenvalue weighted by Gasteiger charge is -2.41. The molecule has 0 bridgehead atoms. The van der Waals surface area contributed by atoms with Crippen LogP contribution in [0.2, 0.25) is 0 Å². The van der Waals surface area contributed by atoms with E-state index in [0.29, 0.717) is 6.61 Å². The lowest BCUT2D eigenvalue weighted by Crippen LogP contribution is -2.38. The van der Waals surface area contributed by atoms with E-state index in [1.54, 1.807) is 0 Å². The maximum Gasteiger partial charge on any atom is 0.123 e. The fraction of sp³-hybridized carbons (Fsp3) is 0.538. The summed E-state index contributed by atoms with van der Waals surface area (Å²) in [6, 6.07) is 8.08. The number of hydrogen-bond donors (Lipinski definition) is 1. The summed E-state index contributed by atoms with van der Waals surface area (Å²) in [6.07, 6.45) is 3.36. The first-order chi connectivity index (χ1) is 7.32. The minimum Gasteiger partial charge on any atom is -0.494 e. The van der Waals surface area contributed by atoms with Gasteiger partial charge in [-0.3, -0.25) is 0 Å². The van der Waals surface area contributed by atoms with Crippen LogP contribution in [0, 0.1) is 0 Å². The van der Waals surface area contributed by atoms with Crippen LogP contribution in [0.4, 0.5) is 0 Å². The third-order valence-corrected chi connectivity index (χ3v) is 3.37. The molecule has 2 nitrogen and oxygen atoms in total. The van der Waals surface area contributed by atoms with Gasteiger partial charge in [0.1, 0.15) is 5.75 Å². The van der Waals surface area contributed by atoms with Gasteiger partial charge in [-0.25, -0.2) is 0 Å². The molecule has 0 unspecified atom stereocenters. The van der Waals surface area contributed by atoms with Crippen molar-refractivity contribution < 1.29 is 9.84 Å². The average Bonchev–Trinajstić information content (AvgIpc) is 2.20. The molecule has 82 valence electrons. The van der Waals surface area contributed by atoms with Crippen molar-refractivity contribution in [3.05, 3.63) is 29.8 Å². The topological polar surface area (TPSA) is 29.5 Å². The summed E-state index contributed by atoms with van der Waals surface area (Å²) >= 11 is 0. The van der Waals surface area contributed by atoms with Gasteiger partial charge in [0, 0.05) is 11.0 Å². The second kappa shape index (κ2) is 4.23. The molecule has 1 N–H and O–H groups in total. The number of aliphatic hydroxyl groups is 1.